The molecule has 0 bridgehead atoms. The summed E-state index contributed by atoms with van der Waals surface area (Å²) >= 11 is 0.367. The zero-order valence-corrected chi connectivity index (χ0v) is 15.7. The molecule has 0 saturated heterocycles. The van der Waals surface area contributed by atoms with Gasteiger partial charge < -0.3 is 9.73 Å². The number of rotatable bonds is 7. The monoisotopic (exact) mass is 391 g/mol. The maximum Gasteiger partial charge on any atom is 0.288 e. The van der Waals surface area contributed by atoms with Gasteiger partial charge in [0.15, 0.2) is 0 Å². The second kappa shape index (κ2) is 8.39. The van der Waals surface area contributed by atoms with Crippen molar-refractivity contribution in [2.24, 2.45) is 0 Å². The standard InChI is InChI=1S/C19H19F2N3O2S/c1-12-17(15-7-5-11-26-15)13(2)24(23-12)10-9-22-18(25)14-6-3-4-8-16(14)27-19(20)21/h3-8,11,19H,9-10H2,1-2H3,(H,22,25). The molecule has 142 valence electrons. The van der Waals surface area contributed by atoms with Gasteiger partial charge in [0.05, 0.1) is 29.6 Å². The number of carbonyl (C=O) groups excluding carboxylic acids is 1. The third kappa shape index (κ3) is 4.39. The van der Waals surface area contributed by atoms with Crippen LogP contribution in [0.4, 0.5) is 8.78 Å². The van der Waals surface area contributed by atoms with Gasteiger partial charge in [-0.25, -0.2) is 0 Å². The van der Waals surface area contributed by atoms with Crippen LogP contribution in [0.1, 0.15) is 21.7 Å². The molecule has 1 aromatic carbocycles. The van der Waals surface area contributed by atoms with Gasteiger partial charge in [0.25, 0.3) is 11.7 Å². The minimum absolute atomic E-state index is 0.243. The van der Waals surface area contributed by atoms with Crippen LogP contribution in [0.3, 0.4) is 0 Å². The number of thioether (sulfide) groups is 1. The molecule has 0 aliphatic heterocycles. The fourth-order valence-corrected chi connectivity index (χ4v) is 3.55. The Morgan fingerprint density at radius 3 is 2.74 bits per heavy atom. The summed E-state index contributed by atoms with van der Waals surface area (Å²) in [7, 11) is 0. The van der Waals surface area contributed by atoms with E-state index in [9.17, 15) is 13.6 Å². The second-order valence-electron chi connectivity index (χ2n) is 5.88. The summed E-state index contributed by atoms with van der Waals surface area (Å²) in [6.45, 7) is 4.63. The first-order chi connectivity index (χ1) is 13.0. The fourth-order valence-electron chi connectivity index (χ4n) is 2.92. The molecule has 0 aliphatic carbocycles. The molecule has 0 atom stereocenters. The quantitative estimate of drug-likeness (QED) is 0.602. The Balaban J connectivity index is 1.66. The molecular weight excluding hydrogens is 372 g/mol. The van der Waals surface area contributed by atoms with Crippen molar-refractivity contribution in [1.82, 2.24) is 15.1 Å². The van der Waals surface area contributed by atoms with Gasteiger partial charge in [-0.3, -0.25) is 9.48 Å². The third-order valence-electron chi connectivity index (χ3n) is 4.11. The second-order valence-corrected chi connectivity index (χ2v) is 6.91. The van der Waals surface area contributed by atoms with Crippen LogP contribution in [0.15, 0.2) is 52.0 Å². The van der Waals surface area contributed by atoms with Gasteiger partial charge in [-0.05, 0) is 38.1 Å². The average Bonchev–Trinajstić information content (AvgIpc) is 3.23. The molecule has 0 spiro atoms. The number of hydrogen-bond donors (Lipinski definition) is 1. The zero-order chi connectivity index (χ0) is 19.4. The molecule has 3 aromatic rings. The highest BCUT2D eigenvalue weighted by atomic mass is 32.2. The Labute approximate surface area is 159 Å². The van der Waals surface area contributed by atoms with Crippen LogP contribution in [0.5, 0.6) is 0 Å². The van der Waals surface area contributed by atoms with Crippen LogP contribution < -0.4 is 5.32 Å². The predicted octanol–water partition coefficient (Wildman–Crippen LogP) is 4.50. The number of alkyl halides is 2. The lowest BCUT2D eigenvalue weighted by Crippen LogP contribution is -2.28. The minimum Gasteiger partial charge on any atom is -0.464 e. The molecule has 0 unspecified atom stereocenters. The molecule has 3 rings (SSSR count). The maximum absolute atomic E-state index is 12.7. The topological polar surface area (TPSA) is 60.1 Å². The average molecular weight is 391 g/mol. The van der Waals surface area contributed by atoms with Crippen molar-refractivity contribution in [3.8, 4) is 11.3 Å². The molecule has 5 nitrogen and oxygen atoms in total. The lowest BCUT2D eigenvalue weighted by Gasteiger charge is -2.10. The van der Waals surface area contributed by atoms with Gasteiger partial charge in [-0.15, -0.1) is 0 Å². The smallest absolute Gasteiger partial charge is 0.288 e. The molecule has 1 amide bonds. The van der Waals surface area contributed by atoms with Crippen LogP contribution in [-0.4, -0.2) is 28.0 Å². The lowest BCUT2D eigenvalue weighted by atomic mass is 10.1. The van der Waals surface area contributed by atoms with Crippen molar-refractivity contribution in [3.63, 3.8) is 0 Å². The van der Waals surface area contributed by atoms with Crippen molar-refractivity contribution in [2.75, 3.05) is 6.54 Å². The van der Waals surface area contributed by atoms with E-state index in [-0.39, 0.29) is 16.4 Å². The van der Waals surface area contributed by atoms with E-state index in [0.29, 0.717) is 24.9 Å². The molecule has 2 aromatic heterocycles. The van der Waals surface area contributed by atoms with Gasteiger partial charge in [-0.2, -0.15) is 13.9 Å². The number of nitrogens with zero attached hydrogens (tertiary/aromatic N) is 2. The van der Waals surface area contributed by atoms with Crippen LogP contribution in [0, 0.1) is 13.8 Å². The molecule has 0 radical (unpaired) electrons. The summed E-state index contributed by atoms with van der Waals surface area (Å²) in [6, 6.07) is 10.0. The predicted molar refractivity (Wildman–Crippen MR) is 100 cm³/mol. The van der Waals surface area contributed by atoms with Gasteiger partial charge >= 0.3 is 0 Å². The van der Waals surface area contributed by atoms with Crippen LogP contribution in [0.2, 0.25) is 0 Å². The minimum atomic E-state index is -2.58. The number of hydrogen-bond acceptors (Lipinski definition) is 4. The molecule has 27 heavy (non-hydrogen) atoms. The molecule has 1 N–H and O–H groups in total. The van der Waals surface area contributed by atoms with Gasteiger partial charge in [0, 0.05) is 17.1 Å². The Morgan fingerprint density at radius 2 is 2.04 bits per heavy atom. The van der Waals surface area contributed by atoms with Crippen molar-refractivity contribution in [3.05, 3.63) is 59.6 Å². The van der Waals surface area contributed by atoms with E-state index in [4.69, 9.17) is 4.42 Å². The summed E-state index contributed by atoms with van der Waals surface area (Å²) in [6.07, 6.45) is 1.61. The van der Waals surface area contributed by atoms with Crippen molar-refractivity contribution < 1.29 is 18.0 Å². The van der Waals surface area contributed by atoms with E-state index < -0.39 is 5.76 Å². The summed E-state index contributed by atoms with van der Waals surface area (Å²) in [4.78, 5) is 12.6. The van der Waals surface area contributed by atoms with E-state index in [0.717, 1.165) is 22.7 Å². The molecule has 8 heteroatoms. The van der Waals surface area contributed by atoms with E-state index in [2.05, 4.69) is 10.4 Å². The van der Waals surface area contributed by atoms with Crippen LogP contribution in [0.25, 0.3) is 11.3 Å². The summed E-state index contributed by atoms with van der Waals surface area (Å²) in [5.74, 6) is -2.21. The molecule has 0 aliphatic rings. The maximum atomic E-state index is 12.7. The highest BCUT2D eigenvalue weighted by molar-refractivity contribution is 7.99. The number of amides is 1. The lowest BCUT2D eigenvalue weighted by molar-refractivity contribution is 0.0949. The highest BCUT2D eigenvalue weighted by Crippen LogP contribution is 2.29. The van der Waals surface area contributed by atoms with E-state index in [1.165, 1.54) is 6.07 Å². The largest absolute Gasteiger partial charge is 0.464 e. The van der Waals surface area contributed by atoms with Gasteiger partial charge in [-0.1, -0.05) is 23.9 Å². The first-order valence-electron chi connectivity index (χ1n) is 8.37. The molecule has 2 heterocycles. The molecule has 0 fully saturated rings. The fraction of sp³-hybridized carbons (Fsp3) is 0.263. The number of carbonyl (C=O) groups is 1. The van der Waals surface area contributed by atoms with E-state index in [1.54, 1.807) is 29.1 Å². The van der Waals surface area contributed by atoms with Crippen molar-refractivity contribution in [1.29, 1.82) is 0 Å². The number of furan rings is 1. The summed E-state index contributed by atoms with van der Waals surface area (Å²) in [5.41, 5.74) is 2.95. The summed E-state index contributed by atoms with van der Waals surface area (Å²) < 4.78 is 32.6. The number of halogens is 2. The van der Waals surface area contributed by atoms with Gasteiger partial charge in [0.2, 0.25) is 0 Å². The van der Waals surface area contributed by atoms with Crippen LogP contribution >= 0.6 is 11.8 Å². The number of aryl methyl sites for hydroxylation is 1. The van der Waals surface area contributed by atoms with E-state index >= 15 is 0 Å². The first-order valence-corrected chi connectivity index (χ1v) is 9.25. The first kappa shape index (κ1) is 19.2. The van der Waals surface area contributed by atoms with Crippen LogP contribution in [-0.2, 0) is 6.54 Å². The number of aromatic nitrogens is 2. The van der Waals surface area contributed by atoms with E-state index in [1.807, 2.05) is 26.0 Å². The third-order valence-corrected chi connectivity index (χ3v) is 4.89. The normalized spacial score (nSPS) is 11.1. The van der Waals surface area contributed by atoms with Crippen molar-refractivity contribution in [2.45, 2.75) is 31.0 Å². The Bertz CT molecular complexity index is 923. The van der Waals surface area contributed by atoms with Gasteiger partial charge in [0.1, 0.15) is 5.76 Å². The Kier molecular flexibility index (Phi) is 5.95. The Morgan fingerprint density at radius 1 is 1.26 bits per heavy atom. The zero-order valence-electron chi connectivity index (χ0n) is 14.9. The highest BCUT2D eigenvalue weighted by Gasteiger charge is 2.17. The number of nitrogens with one attached hydrogen (secondary N) is 1. The SMILES string of the molecule is Cc1nn(CCNC(=O)c2ccccc2SC(F)F)c(C)c1-c1ccco1. The Hall–Kier alpha value is -2.61. The summed E-state index contributed by atoms with van der Waals surface area (Å²) in [5, 5.41) is 7.27. The van der Waals surface area contributed by atoms with Crippen molar-refractivity contribution >= 4 is 17.7 Å². The number of benzene rings is 1. The molecular formula is C19H19F2N3O2S. The molecule has 0 saturated carbocycles.